The molecule has 1 heterocycles. The van der Waals surface area contributed by atoms with E-state index in [2.05, 4.69) is 15.6 Å². The molecule has 2 N–H and O–H groups in total. The van der Waals surface area contributed by atoms with Crippen LogP contribution in [0.15, 0.2) is 54.4 Å². The summed E-state index contributed by atoms with van der Waals surface area (Å²) in [6.07, 6.45) is 2.87. The summed E-state index contributed by atoms with van der Waals surface area (Å²) in [5.41, 5.74) is 0.256. The lowest BCUT2D eigenvalue weighted by molar-refractivity contribution is -0.112. The Morgan fingerprint density at radius 2 is 2.09 bits per heavy atom. The van der Waals surface area contributed by atoms with Gasteiger partial charge in [-0.3, -0.25) is 4.79 Å². The highest BCUT2D eigenvalue weighted by atomic mass is 35.5. The third-order valence-corrected chi connectivity index (χ3v) is 3.12. The number of hydrogen-bond acceptors (Lipinski definition) is 4. The molecule has 7 heteroatoms. The molecule has 1 amide bonds. The summed E-state index contributed by atoms with van der Waals surface area (Å²) in [6.45, 7) is 0. The maximum absolute atomic E-state index is 12.0. The van der Waals surface area contributed by atoms with Gasteiger partial charge in [0.2, 0.25) is 0 Å². The van der Waals surface area contributed by atoms with Crippen LogP contribution < -0.4 is 10.6 Å². The minimum absolute atomic E-state index is 0.114. The molecule has 0 fully saturated rings. The van der Waals surface area contributed by atoms with Gasteiger partial charge in [0.25, 0.3) is 5.91 Å². The Morgan fingerprint density at radius 3 is 2.73 bits per heavy atom. The molecule has 0 spiro atoms. The number of nitrogens with one attached hydrogen (secondary N) is 2. The zero-order valence-electron chi connectivity index (χ0n) is 11.2. The van der Waals surface area contributed by atoms with Crippen molar-refractivity contribution in [2.24, 2.45) is 0 Å². The first kappa shape index (κ1) is 15.8. The van der Waals surface area contributed by atoms with Gasteiger partial charge in [0.05, 0.1) is 10.7 Å². The van der Waals surface area contributed by atoms with Crippen LogP contribution >= 0.6 is 23.2 Å². The standard InChI is InChI=1S/C15H10Cl2N4O/c16-11-4-5-13(12(17)7-11)21-15(22)10(8-18)9-20-14-3-1-2-6-19-14/h1-7,9H,(H,19,20)(H,21,22). The molecule has 0 aliphatic heterocycles. The van der Waals surface area contributed by atoms with Crippen LogP contribution in [0.5, 0.6) is 0 Å². The first-order valence-electron chi connectivity index (χ1n) is 6.14. The number of rotatable bonds is 4. The quantitative estimate of drug-likeness (QED) is 0.658. The molecule has 0 atom stereocenters. The lowest BCUT2D eigenvalue weighted by Gasteiger charge is -2.07. The SMILES string of the molecule is N#CC(=CNc1ccccn1)C(=O)Nc1ccc(Cl)cc1Cl. The highest BCUT2D eigenvalue weighted by Gasteiger charge is 2.11. The van der Waals surface area contributed by atoms with Crippen molar-refractivity contribution in [1.82, 2.24) is 4.98 Å². The van der Waals surface area contributed by atoms with E-state index in [0.717, 1.165) is 0 Å². The second-order valence-electron chi connectivity index (χ2n) is 4.11. The number of anilines is 2. The predicted molar refractivity (Wildman–Crippen MR) is 86.6 cm³/mol. The molecule has 22 heavy (non-hydrogen) atoms. The summed E-state index contributed by atoms with van der Waals surface area (Å²) in [5.74, 6) is -0.0669. The molecule has 0 saturated heterocycles. The number of carbonyl (C=O) groups is 1. The highest BCUT2D eigenvalue weighted by molar-refractivity contribution is 6.36. The summed E-state index contributed by atoms with van der Waals surface area (Å²) in [7, 11) is 0. The molecule has 1 aromatic heterocycles. The molecule has 0 radical (unpaired) electrons. The van der Waals surface area contributed by atoms with E-state index in [9.17, 15) is 4.79 Å². The molecule has 110 valence electrons. The van der Waals surface area contributed by atoms with Crippen LogP contribution in [0.4, 0.5) is 11.5 Å². The molecule has 0 bridgehead atoms. The summed E-state index contributed by atoms with van der Waals surface area (Å²) >= 11 is 11.8. The van der Waals surface area contributed by atoms with Crippen LogP contribution in [0.25, 0.3) is 0 Å². The number of halogens is 2. The van der Waals surface area contributed by atoms with Crippen LogP contribution in [0, 0.1) is 11.3 Å². The third-order valence-electron chi connectivity index (χ3n) is 2.57. The molecule has 2 aromatic rings. The van der Waals surface area contributed by atoms with E-state index in [1.54, 1.807) is 36.5 Å². The summed E-state index contributed by atoms with van der Waals surface area (Å²) < 4.78 is 0. The zero-order chi connectivity index (χ0) is 15.9. The van der Waals surface area contributed by atoms with Crippen molar-refractivity contribution >= 4 is 40.6 Å². The van der Waals surface area contributed by atoms with Gasteiger partial charge in [0.15, 0.2) is 0 Å². The second-order valence-corrected chi connectivity index (χ2v) is 4.95. The Kier molecular flexibility index (Phi) is 5.37. The average Bonchev–Trinajstić information content (AvgIpc) is 2.52. The molecule has 0 saturated carbocycles. The molecule has 5 nitrogen and oxygen atoms in total. The number of hydrogen-bond donors (Lipinski definition) is 2. The molecule has 0 aliphatic rings. The van der Waals surface area contributed by atoms with E-state index in [4.69, 9.17) is 28.5 Å². The van der Waals surface area contributed by atoms with Gasteiger partial charge in [-0.2, -0.15) is 5.26 Å². The third kappa shape index (κ3) is 4.22. The van der Waals surface area contributed by atoms with Crippen molar-refractivity contribution in [3.05, 3.63) is 64.4 Å². The Balaban J connectivity index is 2.10. The maximum Gasteiger partial charge on any atom is 0.267 e. The van der Waals surface area contributed by atoms with E-state index in [1.165, 1.54) is 12.3 Å². The summed E-state index contributed by atoms with van der Waals surface area (Å²) in [6, 6.07) is 11.7. The molecular formula is C15H10Cl2N4O. The molecule has 1 aromatic carbocycles. The van der Waals surface area contributed by atoms with Gasteiger partial charge in [0.1, 0.15) is 17.5 Å². The largest absolute Gasteiger partial charge is 0.345 e. The Hall–Kier alpha value is -2.55. The summed E-state index contributed by atoms with van der Waals surface area (Å²) in [5, 5.41) is 15.1. The lowest BCUT2D eigenvalue weighted by atomic mass is 10.2. The zero-order valence-corrected chi connectivity index (χ0v) is 12.7. The second kappa shape index (κ2) is 7.46. The number of aromatic nitrogens is 1. The number of carbonyl (C=O) groups excluding carboxylic acids is 1. The van der Waals surface area contributed by atoms with Crippen molar-refractivity contribution in [2.45, 2.75) is 0 Å². The van der Waals surface area contributed by atoms with E-state index in [-0.39, 0.29) is 10.6 Å². The number of nitriles is 1. The average molecular weight is 333 g/mol. The van der Waals surface area contributed by atoms with Crippen LogP contribution in [0.2, 0.25) is 10.0 Å². The fourth-order valence-electron chi connectivity index (χ4n) is 1.52. The molecule has 2 rings (SSSR count). The topological polar surface area (TPSA) is 77.8 Å². The fraction of sp³-hybridized carbons (Fsp3) is 0. The number of amides is 1. The molecule has 0 aliphatic carbocycles. The van der Waals surface area contributed by atoms with E-state index in [1.807, 2.05) is 6.07 Å². The van der Waals surface area contributed by atoms with Gasteiger partial charge in [-0.1, -0.05) is 29.3 Å². The number of nitrogens with zero attached hydrogens (tertiary/aromatic N) is 2. The maximum atomic E-state index is 12.0. The van der Waals surface area contributed by atoms with E-state index in [0.29, 0.717) is 16.5 Å². The minimum Gasteiger partial charge on any atom is -0.345 e. The monoisotopic (exact) mass is 332 g/mol. The first-order valence-corrected chi connectivity index (χ1v) is 6.90. The van der Waals surface area contributed by atoms with E-state index < -0.39 is 5.91 Å². The predicted octanol–water partition coefficient (Wildman–Crippen LogP) is 3.85. The summed E-state index contributed by atoms with van der Waals surface area (Å²) in [4.78, 5) is 16.1. The van der Waals surface area contributed by atoms with Crippen LogP contribution in [0.1, 0.15) is 0 Å². The van der Waals surface area contributed by atoms with Crippen molar-refractivity contribution in [3.8, 4) is 6.07 Å². The molecule has 0 unspecified atom stereocenters. The normalized spacial score (nSPS) is 10.7. The van der Waals surface area contributed by atoms with Crippen molar-refractivity contribution in [2.75, 3.05) is 10.6 Å². The van der Waals surface area contributed by atoms with E-state index >= 15 is 0 Å². The minimum atomic E-state index is -0.588. The van der Waals surface area contributed by atoms with Crippen molar-refractivity contribution in [1.29, 1.82) is 5.26 Å². The smallest absolute Gasteiger partial charge is 0.267 e. The van der Waals surface area contributed by atoms with Gasteiger partial charge in [-0.05, 0) is 30.3 Å². The van der Waals surface area contributed by atoms with Crippen molar-refractivity contribution in [3.63, 3.8) is 0 Å². The highest BCUT2D eigenvalue weighted by Crippen LogP contribution is 2.25. The Morgan fingerprint density at radius 1 is 1.27 bits per heavy atom. The van der Waals surface area contributed by atoms with Crippen molar-refractivity contribution < 1.29 is 4.79 Å². The fourth-order valence-corrected chi connectivity index (χ4v) is 1.98. The first-order chi connectivity index (χ1) is 10.6. The van der Waals surface area contributed by atoms with Gasteiger partial charge < -0.3 is 10.6 Å². The van der Waals surface area contributed by atoms with Crippen LogP contribution in [-0.4, -0.2) is 10.9 Å². The van der Waals surface area contributed by atoms with Gasteiger partial charge in [-0.15, -0.1) is 0 Å². The number of pyridine rings is 1. The Bertz CT molecular complexity index is 754. The number of benzene rings is 1. The molecular weight excluding hydrogens is 323 g/mol. The van der Waals surface area contributed by atoms with Crippen LogP contribution in [0.3, 0.4) is 0 Å². The lowest BCUT2D eigenvalue weighted by Crippen LogP contribution is -2.15. The Labute approximate surface area is 137 Å². The van der Waals surface area contributed by atoms with Crippen LogP contribution in [-0.2, 0) is 4.79 Å². The van der Waals surface area contributed by atoms with Gasteiger partial charge >= 0.3 is 0 Å². The van der Waals surface area contributed by atoms with Gasteiger partial charge in [0, 0.05) is 17.4 Å². The van der Waals surface area contributed by atoms with Gasteiger partial charge in [-0.25, -0.2) is 4.98 Å².